The third-order valence-corrected chi connectivity index (χ3v) is 6.21. The van der Waals surface area contributed by atoms with Gasteiger partial charge in [-0.05, 0) is 18.8 Å². The van der Waals surface area contributed by atoms with Gasteiger partial charge in [-0.3, -0.25) is 0 Å². The first-order chi connectivity index (χ1) is 10.8. The molecule has 2 atom stereocenters. The third kappa shape index (κ3) is 2.13. The van der Waals surface area contributed by atoms with E-state index in [1.54, 1.807) is 17.7 Å². The van der Waals surface area contributed by atoms with Gasteiger partial charge in [0.1, 0.15) is 12.4 Å². The summed E-state index contributed by atoms with van der Waals surface area (Å²) in [5.74, 6) is 2.29. The van der Waals surface area contributed by atoms with Gasteiger partial charge in [0.2, 0.25) is 0 Å². The molecule has 2 aromatic rings. The Morgan fingerprint density at radius 1 is 1.05 bits per heavy atom. The van der Waals surface area contributed by atoms with Crippen LogP contribution >= 0.6 is 11.3 Å². The van der Waals surface area contributed by atoms with E-state index in [1.807, 2.05) is 18.6 Å². The summed E-state index contributed by atoms with van der Waals surface area (Å²) in [5, 5.41) is 0.798. The van der Waals surface area contributed by atoms with E-state index in [0.717, 1.165) is 21.6 Å². The normalized spacial score (nSPS) is 35.7. The average molecular weight is 314 g/mol. The summed E-state index contributed by atoms with van der Waals surface area (Å²) in [4.78, 5) is 16.3. The van der Waals surface area contributed by atoms with Crippen LogP contribution in [0.4, 0.5) is 0 Å². The molecule has 0 unspecified atom stereocenters. The Morgan fingerprint density at radius 2 is 1.82 bits per heavy atom. The second kappa shape index (κ2) is 4.99. The van der Waals surface area contributed by atoms with Crippen molar-refractivity contribution < 1.29 is 4.74 Å². The molecule has 4 bridgehead atoms. The van der Waals surface area contributed by atoms with Crippen molar-refractivity contribution in [3.05, 3.63) is 24.9 Å². The first kappa shape index (κ1) is 13.0. The maximum atomic E-state index is 6.33. The Bertz CT molecular complexity index is 646. The van der Waals surface area contributed by atoms with Crippen molar-refractivity contribution in [2.24, 2.45) is 17.8 Å². The molecule has 0 aromatic carbocycles. The Morgan fingerprint density at radius 3 is 2.55 bits per heavy atom. The molecule has 22 heavy (non-hydrogen) atoms. The molecule has 6 rings (SSSR count). The van der Waals surface area contributed by atoms with E-state index < -0.39 is 0 Å². The molecular formula is C16H18N4OS. The van der Waals surface area contributed by atoms with Gasteiger partial charge in [0.15, 0.2) is 0 Å². The molecule has 4 fully saturated rings. The summed E-state index contributed by atoms with van der Waals surface area (Å²) in [6.45, 7) is 3.74. The van der Waals surface area contributed by atoms with Gasteiger partial charge in [-0.1, -0.05) is 11.3 Å². The minimum Gasteiger partial charge on any atom is -0.466 e. The molecule has 1 saturated carbocycles. The molecule has 0 N–H and O–H groups in total. The van der Waals surface area contributed by atoms with E-state index in [4.69, 9.17) is 4.74 Å². The largest absolute Gasteiger partial charge is 0.466 e. The van der Waals surface area contributed by atoms with Crippen LogP contribution in [-0.2, 0) is 0 Å². The molecule has 2 aromatic heterocycles. The molecular weight excluding hydrogens is 296 g/mol. The maximum Gasteiger partial charge on any atom is 0.274 e. The predicted octanol–water partition coefficient (Wildman–Crippen LogP) is 2.32. The minimum atomic E-state index is 0.360. The van der Waals surface area contributed by atoms with Crippen molar-refractivity contribution in [1.29, 1.82) is 0 Å². The monoisotopic (exact) mass is 314 g/mol. The van der Waals surface area contributed by atoms with E-state index in [1.165, 1.54) is 32.5 Å². The van der Waals surface area contributed by atoms with Crippen molar-refractivity contribution in [3.63, 3.8) is 0 Å². The number of thiazole rings is 1. The molecule has 114 valence electrons. The minimum absolute atomic E-state index is 0.360. The van der Waals surface area contributed by atoms with Crippen molar-refractivity contribution in [2.45, 2.75) is 18.9 Å². The van der Waals surface area contributed by atoms with Gasteiger partial charge in [0.25, 0.3) is 5.19 Å². The predicted molar refractivity (Wildman–Crippen MR) is 83.7 cm³/mol. The summed E-state index contributed by atoms with van der Waals surface area (Å²) < 4.78 is 6.33. The quantitative estimate of drug-likeness (QED) is 0.870. The Hall–Kier alpha value is -1.53. The molecule has 3 saturated heterocycles. The zero-order valence-electron chi connectivity index (χ0n) is 12.3. The van der Waals surface area contributed by atoms with Crippen LogP contribution in [0.15, 0.2) is 24.9 Å². The molecule has 6 heteroatoms. The van der Waals surface area contributed by atoms with Gasteiger partial charge in [-0.2, -0.15) is 0 Å². The number of aromatic nitrogens is 3. The highest BCUT2D eigenvalue weighted by Gasteiger charge is 2.48. The second-order valence-electron chi connectivity index (χ2n) is 6.78. The first-order valence-corrected chi connectivity index (χ1v) is 8.77. The highest BCUT2D eigenvalue weighted by atomic mass is 32.1. The standard InChI is InChI=1S/C16H18N4OS/c1-10-2-12-8-20(6-10)7-11(1)15(12)21-16-19-5-14(22-16)13-3-17-9-18-4-13/h3-5,9-12,15H,1-2,6-8H2/t10?,11-,12-,15?/m0/s1. The van der Waals surface area contributed by atoms with Crippen LogP contribution in [0.1, 0.15) is 12.8 Å². The summed E-state index contributed by atoms with van der Waals surface area (Å²) in [7, 11) is 0. The summed E-state index contributed by atoms with van der Waals surface area (Å²) >= 11 is 1.60. The number of nitrogens with zero attached hydrogens (tertiary/aromatic N) is 4. The van der Waals surface area contributed by atoms with Crippen LogP contribution in [0.5, 0.6) is 5.19 Å². The lowest BCUT2D eigenvalue weighted by Crippen LogP contribution is -2.61. The molecule has 0 amide bonds. The van der Waals surface area contributed by atoms with Crippen LogP contribution in [0, 0.1) is 17.8 Å². The van der Waals surface area contributed by atoms with Crippen LogP contribution in [0.2, 0.25) is 0 Å². The highest BCUT2D eigenvalue weighted by molar-refractivity contribution is 7.16. The smallest absolute Gasteiger partial charge is 0.274 e. The van der Waals surface area contributed by atoms with Crippen LogP contribution in [0.25, 0.3) is 10.4 Å². The lowest BCUT2D eigenvalue weighted by molar-refractivity contribution is -0.0985. The summed E-state index contributed by atoms with van der Waals surface area (Å²) in [6, 6.07) is 0. The maximum absolute atomic E-state index is 6.33. The van der Waals surface area contributed by atoms with E-state index in [2.05, 4.69) is 19.9 Å². The van der Waals surface area contributed by atoms with E-state index in [9.17, 15) is 0 Å². The Kier molecular flexibility index (Phi) is 2.94. The number of hydrogen-bond acceptors (Lipinski definition) is 6. The fraction of sp³-hybridized carbons (Fsp3) is 0.562. The first-order valence-electron chi connectivity index (χ1n) is 7.95. The van der Waals surface area contributed by atoms with Crippen LogP contribution in [0.3, 0.4) is 0 Å². The Balaban J connectivity index is 1.35. The van der Waals surface area contributed by atoms with Gasteiger partial charge < -0.3 is 9.64 Å². The van der Waals surface area contributed by atoms with Gasteiger partial charge in [-0.25, -0.2) is 15.0 Å². The lowest BCUT2D eigenvalue weighted by atomic mass is 9.66. The molecule has 1 aliphatic carbocycles. The lowest BCUT2D eigenvalue weighted by Gasteiger charge is -2.55. The zero-order chi connectivity index (χ0) is 14.5. The number of hydrogen-bond donors (Lipinski definition) is 0. The van der Waals surface area contributed by atoms with Crippen LogP contribution < -0.4 is 4.74 Å². The highest BCUT2D eigenvalue weighted by Crippen LogP contribution is 2.45. The topological polar surface area (TPSA) is 51.1 Å². The summed E-state index contributed by atoms with van der Waals surface area (Å²) in [5.41, 5.74) is 1.01. The second-order valence-corrected chi connectivity index (χ2v) is 7.77. The zero-order valence-corrected chi connectivity index (χ0v) is 13.1. The third-order valence-electron chi connectivity index (χ3n) is 5.27. The van der Waals surface area contributed by atoms with E-state index in [-0.39, 0.29) is 0 Å². The van der Waals surface area contributed by atoms with Crippen molar-refractivity contribution >= 4 is 11.3 Å². The number of piperidine rings is 3. The van der Waals surface area contributed by atoms with Gasteiger partial charge in [0, 0.05) is 55.6 Å². The van der Waals surface area contributed by atoms with Crippen LogP contribution in [-0.4, -0.2) is 45.6 Å². The van der Waals surface area contributed by atoms with Gasteiger partial charge in [-0.15, -0.1) is 0 Å². The number of ether oxygens (including phenoxy) is 1. The molecule has 5 heterocycles. The Labute approximate surface area is 133 Å². The van der Waals surface area contributed by atoms with Crippen molar-refractivity contribution in [2.75, 3.05) is 19.6 Å². The van der Waals surface area contributed by atoms with Crippen molar-refractivity contribution in [3.8, 4) is 15.6 Å². The summed E-state index contributed by atoms with van der Waals surface area (Å²) in [6.07, 6.45) is 10.1. The molecule has 0 spiro atoms. The average Bonchev–Trinajstić information content (AvgIpc) is 3.00. The molecule has 5 nitrogen and oxygen atoms in total. The van der Waals surface area contributed by atoms with Gasteiger partial charge in [0.05, 0.1) is 4.88 Å². The molecule has 4 aliphatic rings. The molecule has 3 aliphatic heterocycles. The number of rotatable bonds is 3. The fourth-order valence-electron chi connectivity index (χ4n) is 4.54. The van der Waals surface area contributed by atoms with Crippen molar-refractivity contribution in [1.82, 2.24) is 19.9 Å². The fourth-order valence-corrected chi connectivity index (χ4v) is 5.33. The van der Waals surface area contributed by atoms with E-state index >= 15 is 0 Å². The van der Waals surface area contributed by atoms with E-state index in [0.29, 0.717) is 17.9 Å². The van der Waals surface area contributed by atoms with Gasteiger partial charge >= 0.3 is 0 Å². The molecule has 0 radical (unpaired) electrons. The SMILES string of the molecule is c1ncc(-c2cnc(OC3[C@H]4CC5C[C@H]3CN(C5)C4)s2)cn1.